The Morgan fingerprint density at radius 1 is 1.24 bits per heavy atom. The molecule has 0 saturated heterocycles. The number of hydrogen-bond donors (Lipinski definition) is 2. The number of nitrogen functional groups attached to an aromatic ring is 1. The van der Waals surface area contributed by atoms with Crippen molar-refractivity contribution in [3.8, 4) is 6.07 Å². The van der Waals surface area contributed by atoms with Crippen LogP contribution in [0.3, 0.4) is 0 Å². The molecule has 0 unspecified atom stereocenters. The van der Waals surface area contributed by atoms with Crippen LogP contribution in [0.4, 0.5) is 5.69 Å². The predicted octanol–water partition coefficient (Wildman–Crippen LogP) is 3.62. The number of carbonyl (C=O) groups is 1. The highest BCUT2D eigenvalue weighted by Crippen LogP contribution is 2.28. The zero-order chi connectivity index (χ0) is 15.0. The number of carbonyl (C=O) groups excluding carboxylic acids is 1. The fraction of sp³-hybridized carbons (Fsp3) is 0. The van der Waals surface area contributed by atoms with Crippen LogP contribution in [0.15, 0.2) is 47.1 Å². The highest BCUT2D eigenvalue weighted by molar-refractivity contribution is 9.10. The van der Waals surface area contributed by atoms with Crippen LogP contribution in [0.5, 0.6) is 0 Å². The summed E-state index contributed by atoms with van der Waals surface area (Å²) in [6.07, 6.45) is 1.66. The molecule has 1 heterocycles. The second kappa shape index (κ2) is 5.08. The number of halogens is 1. The smallest absolute Gasteiger partial charge is 0.196 e. The van der Waals surface area contributed by atoms with Crippen molar-refractivity contribution in [1.29, 1.82) is 5.26 Å². The average molecular weight is 340 g/mol. The molecule has 0 fully saturated rings. The maximum atomic E-state index is 12.7. The number of fused-ring (bicyclic) bond motifs is 1. The summed E-state index contributed by atoms with van der Waals surface area (Å²) in [5, 5.41) is 9.72. The summed E-state index contributed by atoms with van der Waals surface area (Å²) in [6, 6.07) is 12.5. The summed E-state index contributed by atoms with van der Waals surface area (Å²) in [5.74, 6) is -0.143. The molecule has 0 atom stereocenters. The number of nitrogens with one attached hydrogen (secondary N) is 1. The van der Waals surface area contributed by atoms with Gasteiger partial charge in [-0.05, 0) is 46.3 Å². The van der Waals surface area contributed by atoms with Crippen molar-refractivity contribution >= 4 is 38.3 Å². The number of nitrogens with zero attached hydrogens (tertiary/aromatic N) is 1. The summed E-state index contributed by atoms with van der Waals surface area (Å²) in [6.45, 7) is 0. The number of H-pyrrole nitrogens is 1. The summed E-state index contributed by atoms with van der Waals surface area (Å²) in [4.78, 5) is 15.8. The van der Waals surface area contributed by atoms with Crippen LogP contribution in [0.2, 0.25) is 0 Å². The third kappa shape index (κ3) is 2.20. The van der Waals surface area contributed by atoms with Crippen molar-refractivity contribution in [2.45, 2.75) is 0 Å². The molecule has 2 aromatic carbocycles. The number of hydrogen-bond acceptors (Lipinski definition) is 3. The van der Waals surface area contributed by atoms with E-state index in [1.54, 1.807) is 42.6 Å². The molecule has 4 nitrogen and oxygen atoms in total. The number of rotatable bonds is 2. The molecule has 102 valence electrons. The molecule has 5 heteroatoms. The molecule has 0 radical (unpaired) electrons. The quantitative estimate of drug-likeness (QED) is 0.552. The van der Waals surface area contributed by atoms with Crippen molar-refractivity contribution in [2.24, 2.45) is 0 Å². The van der Waals surface area contributed by atoms with Gasteiger partial charge < -0.3 is 10.7 Å². The van der Waals surface area contributed by atoms with Gasteiger partial charge in [0.2, 0.25) is 0 Å². The predicted molar refractivity (Wildman–Crippen MR) is 85.0 cm³/mol. The number of aromatic amines is 1. The fourth-order valence-corrected chi connectivity index (χ4v) is 2.69. The van der Waals surface area contributed by atoms with Crippen molar-refractivity contribution in [3.63, 3.8) is 0 Å². The molecule has 0 saturated carbocycles. The zero-order valence-electron chi connectivity index (χ0n) is 10.9. The molecule has 0 aliphatic heterocycles. The molecule has 21 heavy (non-hydrogen) atoms. The van der Waals surface area contributed by atoms with Gasteiger partial charge in [-0.25, -0.2) is 0 Å². The van der Waals surface area contributed by atoms with Gasteiger partial charge in [-0.2, -0.15) is 5.26 Å². The normalized spacial score (nSPS) is 10.5. The zero-order valence-corrected chi connectivity index (χ0v) is 12.4. The van der Waals surface area contributed by atoms with Gasteiger partial charge >= 0.3 is 0 Å². The molecule has 3 aromatic rings. The number of benzene rings is 2. The summed E-state index contributed by atoms with van der Waals surface area (Å²) >= 11 is 3.35. The van der Waals surface area contributed by atoms with Crippen LogP contribution in [-0.2, 0) is 0 Å². The maximum absolute atomic E-state index is 12.7. The van der Waals surface area contributed by atoms with E-state index in [0.717, 1.165) is 10.9 Å². The lowest BCUT2D eigenvalue weighted by molar-refractivity contribution is 0.103. The Morgan fingerprint density at radius 3 is 2.81 bits per heavy atom. The van der Waals surface area contributed by atoms with E-state index in [1.807, 2.05) is 0 Å². The number of nitriles is 1. The summed E-state index contributed by atoms with van der Waals surface area (Å²) in [5.41, 5.74) is 8.69. The minimum absolute atomic E-state index is 0.143. The van der Waals surface area contributed by atoms with Crippen molar-refractivity contribution in [3.05, 3.63) is 63.8 Å². The van der Waals surface area contributed by atoms with E-state index in [2.05, 4.69) is 27.0 Å². The Morgan fingerprint density at radius 2 is 2.05 bits per heavy atom. The molecular weight excluding hydrogens is 330 g/mol. The third-order valence-corrected chi connectivity index (χ3v) is 4.21. The van der Waals surface area contributed by atoms with Gasteiger partial charge in [0, 0.05) is 33.9 Å². The van der Waals surface area contributed by atoms with Gasteiger partial charge in [0.05, 0.1) is 16.1 Å². The van der Waals surface area contributed by atoms with Crippen LogP contribution in [0.1, 0.15) is 21.5 Å². The lowest BCUT2D eigenvalue weighted by Crippen LogP contribution is -2.03. The monoisotopic (exact) mass is 339 g/mol. The Balaban J connectivity index is 2.18. The Bertz CT molecular complexity index is 906. The molecule has 3 rings (SSSR count). The highest BCUT2D eigenvalue weighted by atomic mass is 79.9. The topological polar surface area (TPSA) is 82.7 Å². The Hall–Kier alpha value is -2.58. The molecule has 0 spiro atoms. The van der Waals surface area contributed by atoms with Gasteiger partial charge in [-0.15, -0.1) is 0 Å². The van der Waals surface area contributed by atoms with Gasteiger partial charge in [0.25, 0.3) is 0 Å². The van der Waals surface area contributed by atoms with Crippen molar-refractivity contribution in [1.82, 2.24) is 4.98 Å². The van der Waals surface area contributed by atoms with Crippen LogP contribution >= 0.6 is 15.9 Å². The fourth-order valence-electron chi connectivity index (χ4n) is 2.25. The minimum atomic E-state index is -0.143. The van der Waals surface area contributed by atoms with E-state index in [4.69, 9.17) is 11.0 Å². The van der Waals surface area contributed by atoms with Gasteiger partial charge in [0.1, 0.15) is 0 Å². The van der Waals surface area contributed by atoms with E-state index in [1.165, 1.54) is 0 Å². The van der Waals surface area contributed by atoms with Gasteiger partial charge in [0.15, 0.2) is 5.78 Å². The average Bonchev–Trinajstić information content (AvgIpc) is 2.92. The number of aromatic nitrogens is 1. The first-order valence-corrected chi connectivity index (χ1v) is 7.01. The summed E-state index contributed by atoms with van der Waals surface area (Å²) in [7, 11) is 0. The van der Waals surface area contributed by atoms with Crippen LogP contribution < -0.4 is 5.73 Å². The molecule has 0 amide bonds. The maximum Gasteiger partial charge on any atom is 0.196 e. The SMILES string of the molecule is N#Cc1ccc2[nH]cc(C(=O)c3cccc(N)c3Br)c2c1. The van der Waals surface area contributed by atoms with E-state index < -0.39 is 0 Å². The van der Waals surface area contributed by atoms with Crippen molar-refractivity contribution < 1.29 is 4.79 Å². The third-order valence-electron chi connectivity index (χ3n) is 3.33. The van der Waals surface area contributed by atoms with Gasteiger partial charge in [-0.3, -0.25) is 4.79 Å². The van der Waals surface area contributed by atoms with Crippen LogP contribution in [0.25, 0.3) is 10.9 Å². The van der Waals surface area contributed by atoms with E-state index in [0.29, 0.717) is 26.9 Å². The Labute approximate surface area is 129 Å². The first kappa shape index (κ1) is 13.4. The van der Waals surface area contributed by atoms with E-state index in [9.17, 15) is 4.79 Å². The van der Waals surface area contributed by atoms with Gasteiger partial charge in [-0.1, -0.05) is 6.07 Å². The first-order chi connectivity index (χ1) is 10.1. The van der Waals surface area contributed by atoms with Crippen LogP contribution in [-0.4, -0.2) is 10.8 Å². The number of nitrogens with two attached hydrogens (primary N) is 1. The van der Waals surface area contributed by atoms with Crippen LogP contribution in [0, 0.1) is 11.3 Å². The number of ketones is 1. The lowest BCUT2D eigenvalue weighted by atomic mass is 10.0. The molecule has 3 N–H and O–H groups in total. The minimum Gasteiger partial charge on any atom is -0.398 e. The first-order valence-electron chi connectivity index (χ1n) is 6.21. The molecular formula is C16H10BrN3O. The largest absolute Gasteiger partial charge is 0.398 e. The highest BCUT2D eigenvalue weighted by Gasteiger charge is 2.17. The molecule has 1 aromatic heterocycles. The summed E-state index contributed by atoms with van der Waals surface area (Å²) < 4.78 is 0.584. The molecule has 0 aliphatic carbocycles. The lowest BCUT2D eigenvalue weighted by Gasteiger charge is -2.05. The molecule has 0 aliphatic rings. The number of anilines is 1. The van der Waals surface area contributed by atoms with Crippen molar-refractivity contribution in [2.75, 3.05) is 5.73 Å². The standard InChI is InChI=1S/C16H10BrN3O/c17-15-10(2-1-3-13(15)19)16(21)12-8-20-14-5-4-9(7-18)6-11(12)14/h1-6,8,20H,19H2. The van der Waals surface area contributed by atoms with E-state index >= 15 is 0 Å². The second-order valence-electron chi connectivity index (χ2n) is 4.61. The second-order valence-corrected chi connectivity index (χ2v) is 5.41. The van der Waals surface area contributed by atoms with E-state index in [-0.39, 0.29) is 5.78 Å². The molecule has 0 bridgehead atoms. The Kier molecular flexibility index (Phi) is 3.24.